The van der Waals surface area contributed by atoms with Crippen LogP contribution in [0.1, 0.15) is 45.6 Å². The van der Waals surface area contributed by atoms with Gasteiger partial charge in [0, 0.05) is 30.1 Å². The largest absolute Gasteiger partial charge is 0.326 e. The van der Waals surface area contributed by atoms with Crippen molar-refractivity contribution in [3.8, 4) is 11.3 Å². The third kappa shape index (κ3) is 3.33. The highest BCUT2D eigenvalue weighted by Gasteiger charge is 2.26. The summed E-state index contributed by atoms with van der Waals surface area (Å²) in [5.41, 5.74) is 3.51. The summed E-state index contributed by atoms with van der Waals surface area (Å²) in [6, 6.07) is 4.06. The topological polar surface area (TPSA) is 43.6 Å². The lowest BCUT2D eigenvalue weighted by molar-refractivity contribution is 0.227. The highest BCUT2D eigenvalue weighted by atomic mass is 35.5. The van der Waals surface area contributed by atoms with Gasteiger partial charge in [0.25, 0.3) is 0 Å². The zero-order valence-electron chi connectivity index (χ0n) is 15.0. The van der Waals surface area contributed by atoms with Crippen molar-refractivity contribution in [1.82, 2.24) is 19.5 Å². The first-order chi connectivity index (χ1) is 12.5. The minimum atomic E-state index is 0.362. The van der Waals surface area contributed by atoms with Crippen LogP contribution in [0.3, 0.4) is 0 Å². The van der Waals surface area contributed by atoms with Gasteiger partial charge in [0.1, 0.15) is 5.15 Å². The molecule has 0 radical (unpaired) electrons. The molecule has 0 amide bonds. The van der Waals surface area contributed by atoms with Crippen molar-refractivity contribution < 1.29 is 0 Å². The predicted molar refractivity (Wildman–Crippen MR) is 107 cm³/mol. The zero-order valence-corrected chi connectivity index (χ0v) is 16.5. The number of aromatic nitrogens is 4. The number of imidazole rings is 1. The molecule has 26 heavy (non-hydrogen) atoms. The van der Waals surface area contributed by atoms with Gasteiger partial charge in [-0.05, 0) is 37.7 Å². The Balaban J connectivity index is 1.81. The van der Waals surface area contributed by atoms with Gasteiger partial charge in [-0.15, -0.1) is 0 Å². The monoisotopic (exact) mass is 388 g/mol. The Morgan fingerprint density at radius 3 is 2.62 bits per heavy atom. The van der Waals surface area contributed by atoms with Gasteiger partial charge in [-0.2, -0.15) is 0 Å². The lowest BCUT2D eigenvalue weighted by Crippen LogP contribution is -2.21. The Labute approximate surface area is 163 Å². The van der Waals surface area contributed by atoms with Gasteiger partial charge in [0.05, 0.1) is 28.1 Å². The maximum atomic E-state index is 6.25. The molecule has 0 saturated heterocycles. The van der Waals surface area contributed by atoms with Crippen LogP contribution < -0.4 is 0 Å². The number of halogens is 2. The number of fused-ring (bicyclic) bond motifs is 1. The summed E-state index contributed by atoms with van der Waals surface area (Å²) in [5, 5.41) is 1.01. The van der Waals surface area contributed by atoms with E-state index in [2.05, 4.69) is 33.4 Å². The molecule has 4 nitrogen and oxygen atoms in total. The Hall–Kier alpha value is -1.65. The summed E-state index contributed by atoms with van der Waals surface area (Å²) in [6.45, 7) is 4.64. The highest BCUT2D eigenvalue weighted by molar-refractivity contribution is 6.31. The smallest absolute Gasteiger partial charge is 0.132 e. The lowest BCUT2D eigenvalue weighted by Gasteiger charge is -2.32. The van der Waals surface area contributed by atoms with Crippen LogP contribution in [-0.4, -0.2) is 19.5 Å². The van der Waals surface area contributed by atoms with E-state index in [0.717, 1.165) is 28.2 Å². The van der Waals surface area contributed by atoms with E-state index < -0.39 is 0 Å². The molecule has 0 N–H and O–H groups in total. The van der Waals surface area contributed by atoms with E-state index in [1.165, 1.54) is 25.7 Å². The quantitative estimate of drug-likeness (QED) is 0.502. The molecule has 1 fully saturated rings. The summed E-state index contributed by atoms with van der Waals surface area (Å²) in [4.78, 5) is 13.4. The number of hydrogen-bond donors (Lipinski definition) is 0. The maximum absolute atomic E-state index is 6.25. The summed E-state index contributed by atoms with van der Waals surface area (Å²) in [6.07, 6.45) is 10.4. The number of hydrogen-bond acceptors (Lipinski definition) is 3. The minimum Gasteiger partial charge on any atom is -0.326 e. The van der Waals surface area contributed by atoms with Crippen LogP contribution in [0.2, 0.25) is 10.2 Å². The molecule has 1 saturated carbocycles. The molecule has 1 unspecified atom stereocenters. The van der Waals surface area contributed by atoms with Crippen molar-refractivity contribution in [2.24, 2.45) is 11.8 Å². The number of nitrogens with zero attached hydrogens (tertiary/aromatic N) is 4. The van der Waals surface area contributed by atoms with Gasteiger partial charge >= 0.3 is 0 Å². The van der Waals surface area contributed by atoms with Crippen LogP contribution in [0, 0.1) is 11.8 Å². The van der Waals surface area contributed by atoms with Gasteiger partial charge in [-0.25, -0.2) is 9.97 Å². The van der Waals surface area contributed by atoms with Crippen molar-refractivity contribution in [3.63, 3.8) is 0 Å². The molecule has 0 bridgehead atoms. The maximum Gasteiger partial charge on any atom is 0.132 e. The predicted octanol–water partition coefficient (Wildman–Crippen LogP) is 6.19. The molecule has 0 aliphatic heterocycles. The van der Waals surface area contributed by atoms with Crippen LogP contribution in [0.4, 0.5) is 0 Å². The van der Waals surface area contributed by atoms with Crippen molar-refractivity contribution in [1.29, 1.82) is 0 Å². The van der Waals surface area contributed by atoms with Gasteiger partial charge < -0.3 is 4.57 Å². The first kappa shape index (κ1) is 17.7. The van der Waals surface area contributed by atoms with Gasteiger partial charge in [0.15, 0.2) is 0 Å². The van der Waals surface area contributed by atoms with E-state index in [4.69, 9.17) is 23.2 Å². The molecule has 0 spiro atoms. The third-order valence-corrected chi connectivity index (χ3v) is 6.08. The van der Waals surface area contributed by atoms with E-state index in [9.17, 15) is 0 Å². The van der Waals surface area contributed by atoms with Gasteiger partial charge in [-0.3, -0.25) is 4.98 Å². The van der Waals surface area contributed by atoms with Crippen LogP contribution >= 0.6 is 23.2 Å². The molecule has 3 aromatic rings. The Kier molecular flexibility index (Phi) is 4.89. The Morgan fingerprint density at radius 1 is 1.12 bits per heavy atom. The lowest BCUT2D eigenvalue weighted by atomic mass is 9.79. The Morgan fingerprint density at radius 2 is 1.88 bits per heavy atom. The van der Waals surface area contributed by atoms with E-state index in [-0.39, 0.29) is 0 Å². The highest BCUT2D eigenvalue weighted by Crippen LogP contribution is 2.38. The average Bonchev–Trinajstić information content (AvgIpc) is 3.04. The molecular formula is C20H22Cl2N4. The first-order valence-corrected chi connectivity index (χ1v) is 9.92. The van der Waals surface area contributed by atoms with Gasteiger partial charge in [-0.1, -0.05) is 43.0 Å². The Bertz CT molecular complexity index is 929. The molecule has 1 atom stereocenters. The second kappa shape index (κ2) is 7.16. The first-order valence-electron chi connectivity index (χ1n) is 9.17. The average molecular weight is 389 g/mol. The fourth-order valence-electron chi connectivity index (χ4n) is 4.08. The second-order valence-electron chi connectivity index (χ2n) is 7.47. The molecule has 1 aliphatic carbocycles. The van der Waals surface area contributed by atoms with Crippen molar-refractivity contribution in [3.05, 3.63) is 41.0 Å². The summed E-state index contributed by atoms with van der Waals surface area (Å²) in [7, 11) is 0. The molecule has 1 aliphatic rings. The molecule has 136 valence electrons. The second-order valence-corrected chi connectivity index (χ2v) is 8.29. The molecule has 0 aromatic carbocycles. The molecule has 3 aromatic heterocycles. The van der Waals surface area contributed by atoms with Crippen molar-refractivity contribution in [2.75, 3.05) is 0 Å². The van der Waals surface area contributed by atoms with Crippen LogP contribution in [0.15, 0.2) is 30.9 Å². The zero-order chi connectivity index (χ0) is 18.3. The van der Waals surface area contributed by atoms with Crippen LogP contribution in [0.5, 0.6) is 0 Å². The van der Waals surface area contributed by atoms with Crippen LogP contribution in [-0.2, 0) is 0 Å². The number of rotatable bonds is 3. The van der Waals surface area contributed by atoms with E-state index in [0.29, 0.717) is 22.1 Å². The summed E-state index contributed by atoms with van der Waals surface area (Å²) >= 11 is 12.4. The molecule has 3 heterocycles. The van der Waals surface area contributed by atoms with E-state index >= 15 is 0 Å². The number of pyridine rings is 2. The third-order valence-electron chi connectivity index (χ3n) is 5.68. The molecular weight excluding hydrogens is 367 g/mol. The summed E-state index contributed by atoms with van der Waals surface area (Å²) < 4.78 is 2.26. The summed E-state index contributed by atoms with van der Waals surface area (Å²) in [5.74, 6) is 1.50. The fraction of sp³-hybridized carbons (Fsp3) is 0.450. The fourth-order valence-corrected chi connectivity index (χ4v) is 4.44. The SMILES string of the molecule is CC([C@H]1CC[C@H](C)CC1)n1cnc2cc(Cl)nc(-c3cncc(Cl)c3)c21. The molecule has 4 rings (SSSR count). The van der Waals surface area contributed by atoms with Crippen LogP contribution in [0.25, 0.3) is 22.3 Å². The molecule has 6 heteroatoms. The van der Waals surface area contributed by atoms with Crippen molar-refractivity contribution in [2.45, 2.75) is 45.6 Å². The normalized spacial score (nSPS) is 21.8. The van der Waals surface area contributed by atoms with Crippen molar-refractivity contribution >= 4 is 34.2 Å². The van der Waals surface area contributed by atoms with E-state index in [1.54, 1.807) is 12.4 Å². The van der Waals surface area contributed by atoms with E-state index in [1.807, 2.05) is 18.5 Å². The minimum absolute atomic E-state index is 0.362. The standard InChI is InChI=1S/C20H22Cl2N4/c1-12-3-5-14(6-4-12)13(2)26-11-24-17-8-18(22)25-19(20(17)26)15-7-16(21)10-23-9-15/h7-14H,3-6H2,1-2H3/t12-,13?,14-. The van der Waals surface area contributed by atoms with Gasteiger partial charge in [0.2, 0.25) is 0 Å².